The van der Waals surface area contributed by atoms with Crippen molar-refractivity contribution in [1.29, 1.82) is 0 Å². The van der Waals surface area contributed by atoms with Crippen molar-refractivity contribution in [3.05, 3.63) is 35.9 Å². The molecule has 1 atom stereocenters. The third-order valence-electron chi connectivity index (χ3n) is 4.13. The molecule has 4 heteroatoms. The van der Waals surface area contributed by atoms with Gasteiger partial charge < -0.3 is 15.3 Å². The SMILES string of the molecule is CN(Cc1ccccc1)CC(C)(C)CNCC1(O)CCSC1. The molecule has 1 heterocycles. The largest absolute Gasteiger partial charge is 0.388 e. The van der Waals surface area contributed by atoms with E-state index >= 15 is 0 Å². The van der Waals surface area contributed by atoms with E-state index in [2.05, 4.69) is 61.4 Å². The smallest absolute Gasteiger partial charge is 0.0869 e. The maximum Gasteiger partial charge on any atom is 0.0869 e. The molecule has 22 heavy (non-hydrogen) atoms. The first kappa shape index (κ1) is 17.8. The highest BCUT2D eigenvalue weighted by atomic mass is 32.2. The maximum absolute atomic E-state index is 10.4. The third kappa shape index (κ3) is 5.92. The van der Waals surface area contributed by atoms with Gasteiger partial charge in [0.25, 0.3) is 0 Å². The standard InChI is InChI=1S/C18H30N2OS/c1-17(2,12-19-13-18(21)9-10-22-15-18)14-20(3)11-16-7-5-4-6-8-16/h4-8,19,21H,9-15H2,1-3H3. The predicted octanol–water partition coefficient (Wildman–Crippen LogP) is 2.60. The van der Waals surface area contributed by atoms with Crippen LogP contribution in [0.2, 0.25) is 0 Å². The summed E-state index contributed by atoms with van der Waals surface area (Å²) in [5, 5.41) is 13.9. The number of nitrogens with zero attached hydrogens (tertiary/aromatic N) is 1. The van der Waals surface area contributed by atoms with Gasteiger partial charge in [0, 0.05) is 31.9 Å². The minimum absolute atomic E-state index is 0.186. The summed E-state index contributed by atoms with van der Waals surface area (Å²) in [4.78, 5) is 2.37. The highest BCUT2D eigenvalue weighted by Gasteiger charge is 2.32. The number of rotatable bonds is 8. The van der Waals surface area contributed by atoms with E-state index in [1.54, 1.807) is 0 Å². The number of aliphatic hydroxyl groups is 1. The zero-order valence-electron chi connectivity index (χ0n) is 14.1. The van der Waals surface area contributed by atoms with Crippen LogP contribution in [0.5, 0.6) is 0 Å². The minimum atomic E-state index is -0.489. The Bertz CT molecular complexity index is 444. The Morgan fingerprint density at radius 1 is 1.32 bits per heavy atom. The van der Waals surface area contributed by atoms with Crippen molar-refractivity contribution in [2.75, 3.05) is 38.2 Å². The summed E-state index contributed by atoms with van der Waals surface area (Å²) in [5.41, 5.74) is 1.05. The molecule has 0 amide bonds. The molecular formula is C18H30N2OS. The summed E-state index contributed by atoms with van der Waals surface area (Å²) in [6.45, 7) is 8.22. The molecular weight excluding hydrogens is 292 g/mol. The van der Waals surface area contributed by atoms with Crippen molar-refractivity contribution in [3.8, 4) is 0 Å². The summed E-state index contributed by atoms with van der Waals surface area (Å²) in [6, 6.07) is 10.6. The summed E-state index contributed by atoms with van der Waals surface area (Å²) in [7, 11) is 2.18. The molecule has 1 aliphatic heterocycles. The Kier molecular flexibility index (Phi) is 6.33. The fourth-order valence-corrected chi connectivity index (χ4v) is 4.40. The van der Waals surface area contributed by atoms with Crippen LogP contribution >= 0.6 is 11.8 Å². The van der Waals surface area contributed by atoms with Gasteiger partial charge in [0.05, 0.1) is 5.60 Å². The van der Waals surface area contributed by atoms with E-state index in [1.165, 1.54) is 5.56 Å². The molecule has 0 bridgehead atoms. The molecule has 1 unspecified atom stereocenters. The highest BCUT2D eigenvalue weighted by Crippen LogP contribution is 2.27. The van der Waals surface area contributed by atoms with Crippen LogP contribution in [-0.2, 0) is 6.54 Å². The normalized spacial score (nSPS) is 22.4. The highest BCUT2D eigenvalue weighted by molar-refractivity contribution is 7.99. The van der Waals surface area contributed by atoms with Crippen molar-refractivity contribution in [3.63, 3.8) is 0 Å². The lowest BCUT2D eigenvalue weighted by Gasteiger charge is -2.32. The maximum atomic E-state index is 10.4. The second-order valence-corrected chi connectivity index (χ2v) is 8.56. The lowest BCUT2D eigenvalue weighted by Crippen LogP contribution is -2.45. The number of benzene rings is 1. The average molecular weight is 323 g/mol. The summed E-state index contributed by atoms with van der Waals surface area (Å²) >= 11 is 1.85. The third-order valence-corrected chi connectivity index (χ3v) is 5.37. The quantitative estimate of drug-likeness (QED) is 0.771. The first-order valence-corrected chi connectivity index (χ1v) is 9.27. The van der Waals surface area contributed by atoms with Crippen LogP contribution in [0.15, 0.2) is 30.3 Å². The van der Waals surface area contributed by atoms with Crippen molar-refractivity contribution < 1.29 is 5.11 Å². The van der Waals surface area contributed by atoms with Crippen molar-refractivity contribution >= 4 is 11.8 Å². The van der Waals surface area contributed by atoms with Gasteiger partial charge in [-0.15, -0.1) is 0 Å². The zero-order chi connectivity index (χ0) is 16.1. The molecule has 0 aromatic heterocycles. The number of nitrogens with one attached hydrogen (secondary N) is 1. The van der Waals surface area contributed by atoms with Crippen LogP contribution in [0.3, 0.4) is 0 Å². The van der Waals surface area contributed by atoms with E-state index in [0.717, 1.165) is 37.6 Å². The minimum Gasteiger partial charge on any atom is -0.388 e. The lowest BCUT2D eigenvalue weighted by atomic mass is 9.92. The molecule has 0 radical (unpaired) electrons. The Balaban J connectivity index is 1.72. The van der Waals surface area contributed by atoms with Gasteiger partial charge in [-0.2, -0.15) is 11.8 Å². The Labute approximate surface area is 139 Å². The monoisotopic (exact) mass is 322 g/mol. The van der Waals surface area contributed by atoms with Crippen LogP contribution in [-0.4, -0.2) is 53.8 Å². The van der Waals surface area contributed by atoms with Gasteiger partial charge in [0.2, 0.25) is 0 Å². The lowest BCUT2D eigenvalue weighted by molar-refractivity contribution is 0.0636. The van der Waals surface area contributed by atoms with Gasteiger partial charge in [-0.25, -0.2) is 0 Å². The fourth-order valence-electron chi connectivity index (χ4n) is 3.11. The first-order valence-electron chi connectivity index (χ1n) is 8.12. The van der Waals surface area contributed by atoms with Gasteiger partial charge in [-0.05, 0) is 30.2 Å². The molecule has 1 fully saturated rings. The van der Waals surface area contributed by atoms with E-state index in [1.807, 2.05) is 11.8 Å². The number of hydrogen-bond donors (Lipinski definition) is 2. The Morgan fingerprint density at radius 3 is 2.68 bits per heavy atom. The summed E-state index contributed by atoms with van der Waals surface area (Å²) < 4.78 is 0. The number of hydrogen-bond acceptors (Lipinski definition) is 4. The van der Waals surface area contributed by atoms with Crippen LogP contribution in [0.4, 0.5) is 0 Å². The van der Waals surface area contributed by atoms with Crippen LogP contribution in [0, 0.1) is 5.41 Å². The molecule has 0 aliphatic carbocycles. The van der Waals surface area contributed by atoms with Crippen molar-refractivity contribution in [1.82, 2.24) is 10.2 Å². The van der Waals surface area contributed by atoms with Crippen molar-refractivity contribution in [2.45, 2.75) is 32.4 Å². The molecule has 2 N–H and O–H groups in total. The zero-order valence-corrected chi connectivity index (χ0v) is 15.0. The second kappa shape index (κ2) is 7.82. The summed E-state index contributed by atoms with van der Waals surface area (Å²) in [6.07, 6.45) is 0.916. The average Bonchev–Trinajstić information content (AvgIpc) is 2.85. The molecule has 0 spiro atoms. The molecule has 1 aromatic carbocycles. The van der Waals surface area contributed by atoms with E-state index in [4.69, 9.17) is 0 Å². The molecule has 3 nitrogen and oxygen atoms in total. The molecule has 0 saturated carbocycles. The van der Waals surface area contributed by atoms with Crippen LogP contribution < -0.4 is 5.32 Å². The topological polar surface area (TPSA) is 35.5 Å². The van der Waals surface area contributed by atoms with E-state index in [9.17, 15) is 5.11 Å². The Morgan fingerprint density at radius 2 is 2.05 bits per heavy atom. The van der Waals surface area contributed by atoms with Crippen molar-refractivity contribution in [2.24, 2.45) is 5.41 Å². The molecule has 1 aliphatic rings. The van der Waals surface area contributed by atoms with E-state index in [0.29, 0.717) is 6.54 Å². The second-order valence-electron chi connectivity index (χ2n) is 7.45. The Hall–Kier alpha value is -0.550. The van der Waals surface area contributed by atoms with Gasteiger partial charge in [-0.1, -0.05) is 44.2 Å². The fraction of sp³-hybridized carbons (Fsp3) is 0.667. The molecule has 1 saturated heterocycles. The molecule has 124 valence electrons. The summed E-state index contributed by atoms with van der Waals surface area (Å²) in [5.74, 6) is 1.95. The van der Waals surface area contributed by atoms with E-state index < -0.39 is 5.60 Å². The number of thioether (sulfide) groups is 1. The predicted molar refractivity (Wildman–Crippen MR) is 96.3 cm³/mol. The van der Waals surface area contributed by atoms with Gasteiger partial charge >= 0.3 is 0 Å². The van der Waals surface area contributed by atoms with Crippen LogP contribution in [0.1, 0.15) is 25.8 Å². The van der Waals surface area contributed by atoms with E-state index in [-0.39, 0.29) is 5.41 Å². The molecule has 1 aromatic rings. The molecule has 2 rings (SSSR count). The van der Waals surface area contributed by atoms with Crippen LogP contribution in [0.25, 0.3) is 0 Å². The van der Waals surface area contributed by atoms with Gasteiger partial charge in [0.15, 0.2) is 0 Å². The van der Waals surface area contributed by atoms with Gasteiger partial charge in [-0.3, -0.25) is 0 Å². The first-order chi connectivity index (χ1) is 10.4. The van der Waals surface area contributed by atoms with Gasteiger partial charge in [0.1, 0.15) is 0 Å².